The molecule has 0 aromatic heterocycles. The van der Waals surface area contributed by atoms with Crippen molar-refractivity contribution in [2.45, 2.75) is 18.6 Å². The van der Waals surface area contributed by atoms with Crippen molar-refractivity contribution in [3.8, 4) is 0 Å². The number of alkyl halides is 3. The van der Waals surface area contributed by atoms with Gasteiger partial charge in [0.15, 0.2) is 0 Å². The van der Waals surface area contributed by atoms with Gasteiger partial charge in [0.2, 0.25) is 5.91 Å². The van der Waals surface area contributed by atoms with Gasteiger partial charge in [-0.05, 0) is 18.6 Å². The van der Waals surface area contributed by atoms with Crippen molar-refractivity contribution in [2.24, 2.45) is 5.92 Å². The molecule has 0 aliphatic heterocycles. The van der Waals surface area contributed by atoms with E-state index in [1.54, 1.807) is 12.2 Å². The average Bonchev–Trinajstić information content (AvgIpc) is 2.99. The van der Waals surface area contributed by atoms with Crippen LogP contribution in [-0.4, -0.2) is 36.1 Å². The molecule has 1 aliphatic carbocycles. The number of amides is 2. The first-order valence-electron chi connectivity index (χ1n) is 7.34. The van der Waals surface area contributed by atoms with Crippen LogP contribution in [0.5, 0.6) is 0 Å². The summed E-state index contributed by atoms with van der Waals surface area (Å²) >= 11 is 0. The van der Waals surface area contributed by atoms with Gasteiger partial charge in [0.25, 0.3) is 5.91 Å². The van der Waals surface area contributed by atoms with Gasteiger partial charge in [0, 0.05) is 18.6 Å². The molecule has 5 nitrogen and oxygen atoms in total. The van der Waals surface area contributed by atoms with Crippen LogP contribution in [0.3, 0.4) is 0 Å². The molecule has 2 atom stereocenters. The fraction of sp³-hybridized carbons (Fsp3) is 0.375. The molecule has 0 fully saturated rings. The Hall–Kier alpha value is -2.35. The lowest BCUT2D eigenvalue weighted by Gasteiger charge is -2.14. The molecule has 0 spiro atoms. The number of nitrogens with one attached hydrogen (secondary N) is 2. The Kier molecular flexibility index (Phi) is 5.61. The topological polar surface area (TPSA) is 78.4 Å². The third kappa shape index (κ3) is 4.58. The van der Waals surface area contributed by atoms with E-state index in [-0.39, 0.29) is 18.6 Å². The maximum absolute atomic E-state index is 12.9. The van der Waals surface area contributed by atoms with Crippen LogP contribution in [0, 0.1) is 5.92 Å². The number of hydrogen-bond donors (Lipinski definition) is 3. The Bertz CT molecular complexity index is 644. The van der Waals surface area contributed by atoms with Crippen LogP contribution in [0.1, 0.15) is 22.3 Å². The van der Waals surface area contributed by atoms with E-state index in [1.807, 2.05) is 0 Å². The molecule has 1 aliphatic rings. The molecule has 2 amide bonds. The minimum absolute atomic E-state index is 0.0200. The predicted molar refractivity (Wildman–Crippen MR) is 80.0 cm³/mol. The molecule has 1 aromatic rings. The summed E-state index contributed by atoms with van der Waals surface area (Å²) in [6, 6.07) is 4.13. The number of rotatable bonds is 5. The molecule has 2 rings (SSSR count). The van der Waals surface area contributed by atoms with E-state index in [2.05, 4.69) is 10.6 Å². The van der Waals surface area contributed by atoms with Gasteiger partial charge in [-0.25, -0.2) is 0 Å². The maximum Gasteiger partial charge on any atom is 0.417 e. The van der Waals surface area contributed by atoms with Gasteiger partial charge < -0.3 is 15.7 Å². The molecule has 0 bridgehead atoms. The zero-order valence-electron chi connectivity index (χ0n) is 12.6. The molecule has 130 valence electrons. The Morgan fingerprint density at radius 3 is 2.54 bits per heavy atom. The van der Waals surface area contributed by atoms with Crippen molar-refractivity contribution in [3.63, 3.8) is 0 Å². The summed E-state index contributed by atoms with van der Waals surface area (Å²) in [7, 11) is 0. The van der Waals surface area contributed by atoms with Gasteiger partial charge in [-0.2, -0.15) is 13.2 Å². The van der Waals surface area contributed by atoms with E-state index >= 15 is 0 Å². The number of hydrogen-bond acceptors (Lipinski definition) is 3. The fourth-order valence-electron chi connectivity index (χ4n) is 2.46. The number of aliphatic hydroxyl groups is 1. The van der Waals surface area contributed by atoms with E-state index in [4.69, 9.17) is 5.11 Å². The Labute approximate surface area is 136 Å². The summed E-state index contributed by atoms with van der Waals surface area (Å²) in [5.74, 6) is -1.50. The highest BCUT2D eigenvalue weighted by Gasteiger charge is 2.34. The second kappa shape index (κ2) is 7.48. The van der Waals surface area contributed by atoms with E-state index in [9.17, 15) is 22.8 Å². The summed E-state index contributed by atoms with van der Waals surface area (Å²) in [6.07, 6.45) is -0.583. The number of aliphatic hydroxyl groups excluding tert-OH is 1. The highest BCUT2D eigenvalue weighted by atomic mass is 19.4. The standard InChI is InChI=1S/C16H17F3N2O3/c17-16(18,19)13-4-2-1-3-12(13)15(24)20-8-14(23)21-11-6-5-10(7-11)9-22/h1-6,10-11,22H,7-9H2,(H,20,24)(H,21,23)/t10-,11+/m0/s1. The largest absolute Gasteiger partial charge is 0.417 e. The lowest BCUT2D eigenvalue weighted by molar-refractivity contribution is -0.137. The highest BCUT2D eigenvalue weighted by molar-refractivity contribution is 5.97. The van der Waals surface area contributed by atoms with Crippen LogP contribution in [0.4, 0.5) is 13.2 Å². The van der Waals surface area contributed by atoms with Crippen molar-refractivity contribution < 1.29 is 27.9 Å². The van der Waals surface area contributed by atoms with E-state index in [0.717, 1.165) is 12.1 Å². The van der Waals surface area contributed by atoms with Crippen LogP contribution < -0.4 is 10.6 Å². The Balaban J connectivity index is 1.90. The minimum atomic E-state index is -4.65. The average molecular weight is 342 g/mol. The quantitative estimate of drug-likeness (QED) is 0.710. The van der Waals surface area contributed by atoms with E-state index < -0.39 is 35.7 Å². The van der Waals surface area contributed by atoms with Crippen LogP contribution in [0.25, 0.3) is 0 Å². The monoisotopic (exact) mass is 342 g/mol. The number of benzene rings is 1. The second-order valence-electron chi connectivity index (χ2n) is 5.46. The molecule has 8 heteroatoms. The number of carbonyl (C=O) groups excluding carboxylic acids is 2. The third-order valence-corrected chi connectivity index (χ3v) is 3.64. The summed E-state index contributed by atoms with van der Waals surface area (Å²) in [5.41, 5.74) is -1.58. The van der Waals surface area contributed by atoms with Crippen LogP contribution in [0.2, 0.25) is 0 Å². The van der Waals surface area contributed by atoms with Gasteiger partial charge in [0.05, 0.1) is 17.7 Å². The van der Waals surface area contributed by atoms with Crippen LogP contribution in [0.15, 0.2) is 36.4 Å². The first kappa shape index (κ1) is 18.0. The maximum atomic E-state index is 12.9. The van der Waals surface area contributed by atoms with Gasteiger partial charge in [-0.1, -0.05) is 24.3 Å². The molecule has 0 saturated heterocycles. The van der Waals surface area contributed by atoms with E-state index in [1.165, 1.54) is 12.1 Å². The molecule has 1 aromatic carbocycles. The van der Waals surface area contributed by atoms with Gasteiger partial charge in [0.1, 0.15) is 0 Å². The zero-order chi connectivity index (χ0) is 17.7. The highest BCUT2D eigenvalue weighted by Crippen LogP contribution is 2.31. The first-order chi connectivity index (χ1) is 11.3. The van der Waals surface area contributed by atoms with Gasteiger partial charge in [-0.15, -0.1) is 0 Å². The molecule has 0 saturated carbocycles. The van der Waals surface area contributed by atoms with Crippen LogP contribution >= 0.6 is 0 Å². The SMILES string of the molecule is O=C(CNC(=O)c1ccccc1C(F)(F)F)N[C@@H]1C=C[C@H](CO)C1. The molecule has 0 heterocycles. The van der Waals surface area contributed by atoms with Gasteiger partial charge in [-0.3, -0.25) is 9.59 Å². The Morgan fingerprint density at radius 1 is 1.21 bits per heavy atom. The summed E-state index contributed by atoms with van der Waals surface area (Å²) in [6.45, 7) is -0.451. The smallest absolute Gasteiger partial charge is 0.396 e. The fourth-order valence-corrected chi connectivity index (χ4v) is 2.46. The first-order valence-corrected chi connectivity index (χ1v) is 7.34. The molecule has 3 N–H and O–H groups in total. The lowest BCUT2D eigenvalue weighted by atomic mass is 10.1. The Morgan fingerprint density at radius 2 is 1.92 bits per heavy atom. The van der Waals surface area contributed by atoms with E-state index in [0.29, 0.717) is 6.42 Å². The molecule has 0 radical (unpaired) electrons. The van der Waals surface area contributed by atoms with Crippen molar-refractivity contribution in [1.82, 2.24) is 10.6 Å². The molecular formula is C16H17F3N2O3. The third-order valence-electron chi connectivity index (χ3n) is 3.64. The number of halogens is 3. The van der Waals surface area contributed by atoms with Crippen molar-refractivity contribution in [3.05, 3.63) is 47.5 Å². The molecule has 0 unspecified atom stereocenters. The van der Waals surface area contributed by atoms with Crippen molar-refractivity contribution in [1.29, 1.82) is 0 Å². The predicted octanol–water partition coefficient (Wildman–Crippen LogP) is 1.49. The lowest BCUT2D eigenvalue weighted by Crippen LogP contribution is -2.41. The summed E-state index contributed by atoms with van der Waals surface area (Å²) < 4.78 is 38.6. The van der Waals surface area contributed by atoms with Crippen molar-refractivity contribution >= 4 is 11.8 Å². The summed E-state index contributed by atoms with van der Waals surface area (Å²) in [5, 5.41) is 13.8. The normalized spacial score (nSPS) is 20.0. The second-order valence-corrected chi connectivity index (χ2v) is 5.46. The molecule has 24 heavy (non-hydrogen) atoms. The number of carbonyl (C=O) groups is 2. The molecular weight excluding hydrogens is 325 g/mol. The minimum Gasteiger partial charge on any atom is -0.396 e. The zero-order valence-corrected chi connectivity index (χ0v) is 12.6. The van der Waals surface area contributed by atoms with Crippen LogP contribution in [-0.2, 0) is 11.0 Å². The summed E-state index contributed by atoms with van der Waals surface area (Å²) in [4.78, 5) is 23.7. The van der Waals surface area contributed by atoms with Crippen molar-refractivity contribution in [2.75, 3.05) is 13.2 Å². The van der Waals surface area contributed by atoms with Gasteiger partial charge >= 0.3 is 6.18 Å².